The zero-order valence-corrected chi connectivity index (χ0v) is 14.4. The molecule has 0 radical (unpaired) electrons. The molecule has 0 bridgehead atoms. The number of fused-ring (bicyclic) bond motifs is 1. The molecule has 1 N–H and O–H groups in total. The van der Waals surface area contributed by atoms with Crippen LogP contribution in [0.15, 0.2) is 46.9 Å². The quantitative estimate of drug-likeness (QED) is 0.740. The van der Waals surface area contributed by atoms with Crippen molar-refractivity contribution in [1.82, 2.24) is 5.32 Å². The zero-order valence-electron chi connectivity index (χ0n) is 12.1. The average Bonchev–Trinajstić information content (AvgIpc) is 2.46. The Kier molecular flexibility index (Phi) is 4.68. The van der Waals surface area contributed by atoms with Crippen molar-refractivity contribution in [3.8, 4) is 0 Å². The van der Waals surface area contributed by atoms with Gasteiger partial charge in [-0.3, -0.25) is 0 Å². The molecule has 3 rings (SSSR count). The molecule has 0 aromatic heterocycles. The van der Waals surface area contributed by atoms with E-state index in [4.69, 9.17) is 11.6 Å². The van der Waals surface area contributed by atoms with Crippen LogP contribution >= 0.6 is 27.5 Å². The Morgan fingerprint density at radius 3 is 2.86 bits per heavy atom. The summed E-state index contributed by atoms with van der Waals surface area (Å²) in [4.78, 5) is 0. The summed E-state index contributed by atoms with van der Waals surface area (Å²) in [5, 5.41) is 4.40. The summed E-state index contributed by atoms with van der Waals surface area (Å²) in [6.45, 7) is 3.11. The molecular formula is C18H19BrClN. The van der Waals surface area contributed by atoms with Crippen molar-refractivity contribution in [3.63, 3.8) is 0 Å². The van der Waals surface area contributed by atoms with Gasteiger partial charge < -0.3 is 5.32 Å². The summed E-state index contributed by atoms with van der Waals surface area (Å²) in [6, 6.07) is 15.1. The number of halogens is 2. The third kappa shape index (κ3) is 3.18. The molecule has 2 atom stereocenters. The summed E-state index contributed by atoms with van der Waals surface area (Å²) >= 11 is 9.84. The highest BCUT2D eigenvalue weighted by molar-refractivity contribution is 9.10. The molecule has 2 unspecified atom stereocenters. The lowest BCUT2D eigenvalue weighted by molar-refractivity contribution is 0.435. The third-order valence-corrected chi connectivity index (χ3v) is 5.22. The van der Waals surface area contributed by atoms with Crippen LogP contribution < -0.4 is 5.32 Å². The van der Waals surface area contributed by atoms with Crippen molar-refractivity contribution in [2.75, 3.05) is 6.54 Å². The molecule has 3 heteroatoms. The fraction of sp³-hybridized carbons (Fsp3) is 0.333. The van der Waals surface area contributed by atoms with Crippen LogP contribution in [-0.2, 0) is 6.42 Å². The molecule has 0 aliphatic heterocycles. The van der Waals surface area contributed by atoms with Crippen LogP contribution in [0.4, 0.5) is 0 Å². The van der Waals surface area contributed by atoms with E-state index in [1.807, 2.05) is 12.1 Å². The topological polar surface area (TPSA) is 12.0 Å². The third-order valence-electron chi connectivity index (χ3n) is 4.27. The largest absolute Gasteiger partial charge is 0.310 e. The van der Waals surface area contributed by atoms with Crippen LogP contribution in [-0.4, -0.2) is 6.54 Å². The van der Waals surface area contributed by atoms with E-state index in [2.05, 4.69) is 58.5 Å². The molecule has 1 aliphatic carbocycles. The Labute approximate surface area is 139 Å². The van der Waals surface area contributed by atoms with Gasteiger partial charge in [-0.15, -0.1) is 0 Å². The van der Waals surface area contributed by atoms with E-state index in [0.717, 1.165) is 22.5 Å². The highest BCUT2D eigenvalue weighted by atomic mass is 79.9. The van der Waals surface area contributed by atoms with E-state index >= 15 is 0 Å². The molecule has 0 saturated heterocycles. The van der Waals surface area contributed by atoms with Crippen LogP contribution in [0.5, 0.6) is 0 Å². The van der Waals surface area contributed by atoms with Gasteiger partial charge in [-0.2, -0.15) is 0 Å². The van der Waals surface area contributed by atoms with Gasteiger partial charge in [0.05, 0.1) is 0 Å². The molecule has 0 spiro atoms. The number of benzene rings is 2. The van der Waals surface area contributed by atoms with Crippen molar-refractivity contribution < 1.29 is 0 Å². The average molecular weight is 365 g/mol. The van der Waals surface area contributed by atoms with E-state index in [1.54, 1.807) is 0 Å². The SMILES string of the molecule is CCNC(CC1Cc2ccccc21)c1cc(Cl)ccc1Br. The maximum atomic E-state index is 6.18. The first-order chi connectivity index (χ1) is 10.2. The van der Waals surface area contributed by atoms with Crippen LogP contribution in [0.3, 0.4) is 0 Å². The predicted molar refractivity (Wildman–Crippen MR) is 93.1 cm³/mol. The van der Waals surface area contributed by atoms with Crippen LogP contribution in [0.2, 0.25) is 5.02 Å². The summed E-state index contributed by atoms with van der Waals surface area (Å²) in [5.74, 6) is 0.649. The Balaban J connectivity index is 1.81. The van der Waals surface area contributed by atoms with E-state index < -0.39 is 0 Å². The minimum absolute atomic E-state index is 0.335. The molecule has 110 valence electrons. The van der Waals surface area contributed by atoms with Gasteiger partial charge in [0.15, 0.2) is 0 Å². The maximum Gasteiger partial charge on any atom is 0.0410 e. The maximum absolute atomic E-state index is 6.18. The molecule has 0 saturated carbocycles. The second-order valence-electron chi connectivity index (χ2n) is 5.61. The Hall–Kier alpha value is -0.830. The summed E-state index contributed by atoms with van der Waals surface area (Å²) < 4.78 is 1.13. The standard InChI is InChI=1S/C18H19BrClN/c1-2-21-18(16-11-14(20)7-8-17(16)19)10-13-9-12-5-3-4-6-15(12)13/h3-8,11,13,18,21H,2,9-10H2,1H3. The summed E-state index contributed by atoms with van der Waals surface area (Å²) in [5.41, 5.74) is 4.27. The van der Waals surface area contributed by atoms with Gasteiger partial charge >= 0.3 is 0 Å². The van der Waals surface area contributed by atoms with Gasteiger partial charge in [-0.1, -0.05) is 58.7 Å². The van der Waals surface area contributed by atoms with Crippen molar-refractivity contribution in [3.05, 3.63) is 68.7 Å². The predicted octanol–water partition coefficient (Wildman–Crippen LogP) is 5.48. The number of hydrogen-bond acceptors (Lipinski definition) is 1. The van der Waals surface area contributed by atoms with Crippen LogP contribution in [0.1, 0.15) is 42.0 Å². The van der Waals surface area contributed by atoms with E-state index in [-0.39, 0.29) is 0 Å². The van der Waals surface area contributed by atoms with Gasteiger partial charge in [0, 0.05) is 15.5 Å². The summed E-state index contributed by atoms with van der Waals surface area (Å²) in [7, 11) is 0. The molecule has 2 aromatic rings. The molecule has 2 aromatic carbocycles. The monoisotopic (exact) mass is 363 g/mol. The zero-order chi connectivity index (χ0) is 14.8. The van der Waals surface area contributed by atoms with Crippen molar-refractivity contribution in [1.29, 1.82) is 0 Å². The van der Waals surface area contributed by atoms with Crippen LogP contribution in [0.25, 0.3) is 0 Å². The fourth-order valence-electron chi connectivity index (χ4n) is 3.21. The molecule has 1 aliphatic rings. The Morgan fingerprint density at radius 1 is 1.29 bits per heavy atom. The second kappa shape index (κ2) is 6.51. The minimum Gasteiger partial charge on any atom is -0.310 e. The smallest absolute Gasteiger partial charge is 0.0410 e. The first kappa shape index (κ1) is 15.1. The molecule has 0 amide bonds. The Bertz CT molecular complexity index is 641. The summed E-state index contributed by atoms with van der Waals surface area (Å²) in [6.07, 6.45) is 2.31. The Morgan fingerprint density at radius 2 is 2.10 bits per heavy atom. The van der Waals surface area contributed by atoms with Crippen molar-refractivity contribution >= 4 is 27.5 Å². The van der Waals surface area contributed by atoms with E-state index in [9.17, 15) is 0 Å². The van der Waals surface area contributed by atoms with Gasteiger partial charge in [0.25, 0.3) is 0 Å². The van der Waals surface area contributed by atoms with Gasteiger partial charge in [0.1, 0.15) is 0 Å². The van der Waals surface area contributed by atoms with Gasteiger partial charge in [-0.25, -0.2) is 0 Å². The first-order valence-electron chi connectivity index (χ1n) is 7.45. The molecule has 1 nitrogen and oxygen atoms in total. The van der Waals surface area contributed by atoms with Crippen molar-refractivity contribution in [2.24, 2.45) is 0 Å². The molecule has 21 heavy (non-hydrogen) atoms. The first-order valence-corrected chi connectivity index (χ1v) is 8.62. The second-order valence-corrected chi connectivity index (χ2v) is 6.90. The lowest BCUT2D eigenvalue weighted by Gasteiger charge is -2.33. The lowest BCUT2D eigenvalue weighted by atomic mass is 9.74. The minimum atomic E-state index is 0.335. The fourth-order valence-corrected chi connectivity index (χ4v) is 3.91. The van der Waals surface area contributed by atoms with E-state index in [0.29, 0.717) is 12.0 Å². The van der Waals surface area contributed by atoms with Crippen LogP contribution in [0, 0.1) is 0 Å². The van der Waals surface area contributed by atoms with E-state index in [1.165, 1.54) is 23.1 Å². The highest BCUT2D eigenvalue weighted by Gasteiger charge is 2.29. The number of nitrogens with one attached hydrogen (secondary N) is 1. The van der Waals surface area contributed by atoms with Gasteiger partial charge in [-0.05, 0) is 60.2 Å². The lowest BCUT2D eigenvalue weighted by Crippen LogP contribution is -2.27. The molecular weight excluding hydrogens is 346 g/mol. The number of rotatable bonds is 5. The molecule has 0 heterocycles. The molecule has 0 fully saturated rings. The highest BCUT2D eigenvalue weighted by Crippen LogP contribution is 2.42. The van der Waals surface area contributed by atoms with Crippen molar-refractivity contribution in [2.45, 2.75) is 31.7 Å². The normalized spacial score (nSPS) is 18.0. The number of hydrogen-bond donors (Lipinski definition) is 1. The van der Waals surface area contributed by atoms with Gasteiger partial charge in [0.2, 0.25) is 0 Å².